The van der Waals surface area contributed by atoms with Crippen LogP contribution in [0.3, 0.4) is 0 Å². The Kier molecular flexibility index (Phi) is 2.44. The van der Waals surface area contributed by atoms with Crippen LogP contribution in [0, 0.1) is 0 Å². The summed E-state index contributed by atoms with van der Waals surface area (Å²) in [5, 5.41) is 0. The summed E-state index contributed by atoms with van der Waals surface area (Å²) in [4.78, 5) is 11.2. The van der Waals surface area contributed by atoms with E-state index in [4.69, 9.17) is 14.0 Å². The van der Waals surface area contributed by atoms with Crippen LogP contribution >= 0.6 is 0 Å². The van der Waals surface area contributed by atoms with Gasteiger partial charge in [-0.2, -0.15) is 0 Å². The maximum atomic E-state index is 11.2. The highest BCUT2D eigenvalue weighted by Crippen LogP contribution is 2.41. The van der Waals surface area contributed by atoms with Gasteiger partial charge in [-0.05, 0) is 33.8 Å². The molecule has 2 aliphatic rings. The van der Waals surface area contributed by atoms with Gasteiger partial charge in [-0.3, -0.25) is 4.79 Å². The van der Waals surface area contributed by atoms with E-state index in [0.29, 0.717) is 6.42 Å². The van der Waals surface area contributed by atoms with Gasteiger partial charge in [0.15, 0.2) is 6.29 Å². The fourth-order valence-corrected chi connectivity index (χ4v) is 1.78. The van der Waals surface area contributed by atoms with Crippen LogP contribution in [0.15, 0.2) is 12.3 Å². The first kappa shape index (κ1) is 11.7. The predicted molar refractivity (Wildman–Crippen MR) is 59.7 cm³/mol. The molecular formula is C11H17BO4. The van der Waals surface area contributed by atoms with Crippen molar-refractivity contribution in [1.82, 2.24) is 0 Å². The number of rotatable bonds is 2. The molecule has 4 nitrogen and oxygen atoms in total. The van der Waals surface area contributed by atoms with E-state index in [1.54, 1.807) is 6.08 Å². The van der Waals surface area contributed by atoms with Crippen molar-refractivity contribution >= 4 is 13.4 Å². The molecule has 0 aromatic rings. The topological polar surface area (TPSA) is 44.8 Å². The van der Waals surface area contributed by atoms with Crippen molar-refractivity contribution in [3.05, 3.63) is 12.3 Å². The van der Waals surface area contributed by atoms with Crippen molar-refractivity contribution < 1.29 is 18.8 Å². The van der Waals surface area contributed by atoms with Crippen molar-refractivity contribution in [2.24, 2.45) is 0 Å². The zero-order valence-electron chi connectivity index (χ0n) is 10.1. The van der Waals surface area contributed by atoms with Crippen molar-refractivity contribution in [3.63, 3.8) is 0 Å². The van der Waals surface area contributed by atoms with Crippen LogP contribution in [0.2, 0.25) is 0 Å². The largest absolute Gasteiger partial charge is 0.513 e. The van der Waals surface area contributed by atoms with Gasteiger partial charge in [0.2, 0.25) is 5.50 Å². The van der Waals surface area contributed by atoms with Gasteiger partial charge in [0.05, 0.1) is 17.5 Å². The highest BCUT2D eigenvalue weighted by molar-refractivity contribution is 6.54. The minimum absolute atomic E-state index is 0.445. The molecule has 0 aromatic heterocycles. The number of carbonyl (C=O) groups is 1. The lowest BCUT2D eigenvalue weighted by Gasteiger charge is -2.32. The van der Waals surface area contributed by atoms with Gasteiger partial charge in [-0.25, -0.2) is 0 Å². The van der Waals surface area contributed by atoms with Crippen LogP contribution in [0.25, 0.3) is 0 Å². The first-order valence-corrected chi connectivity index (χ1v) is 5.48. The molecule has 0 aliphatic carbocycles. The van der Waals surface area contributed by atoms with Gasteiger partial charge >= 0.3 is 7.12 Å². The average Bonchev–Trinajstić information content (AvgIpc) is 2.71. The maximum absolute atomic E-state index is 11.2. The molecule has 5 heteroatoms. The number of ether oxygens (including phenoxy) is 1. The van der Waals surface area contributed by atoms with Gasteiger partial charge in [-0.15, -0.1) is 0 Å². The second kappa shape index (κ2) is 3.34. The van der Waals surface area contributed by atoms with E-state index in [2.05, 4.69) is 0 Å². The van der Waals surface area contributed by atoms with E-state index in [1.807, 2.05) is 27.7 Å². The Bertz CT molecular complexity index is 311. The lowest BCUT2D eigenvalue weighted by atomic mass is 9.66. The first-order chi connectivity index (χ1) is 7.33. The Labute approximate surface area is 96.1 Å². The van der Waals surface area contributed by atoms with Gasteiger partial charge in [-0.1, -0.05) is 0 Å². The number of carbonyl (C=O) groups excluding carboxylic acids is 1. The smallest absolute Gasteiger partial charge is 0.490 e. The second-order valence-corrected chi connectivity index (χ2v) is 5.35. The molecule has 2 heterocycles. The molecule has 0 radical (unpaired) electrons. The molecular weight excluding hydrogens is 207 g/mol. The zero-order chi connectivity index (χ0) is 12.0. The summed E-state index contributed by atoms with van der Waals surface area (Å²) in [6.07, 6.45) is 4.60. The fourth-order valence-electron chi connectivity index (χ4n) is 1.78. The average molecular weight is 224 g/mol. The SMILES string of the molecule is CC1(C)OB(C2(C=O)CC=CO2)OC1(C)C. The third kappa shape index (κ3) is 1.50. The fraction of sp³-hybridized carbons (Fsp3) is 0.727. The summed E-state index contributed by atoms with van der Waals surface area (Å²) in [6.45, 7) is 7.81. The van der Waals surface area contributed by atoms with Crippen LogP contribution in [-0.4, -0.2) is 30.1 Å². The van der Waals surface area contributed by atoms with E-state index in [-0.39, 0.29) is 0 Å². The molecule has 2 rings (SSSR count). The molecule has 16 heavy (non-hydrogen) atoms. The van der Waals surface area contributed by atoms with Crippen molar-refractivity contribution in [3.8, 4) is 0 Å². The first-order valence-electron chi connectivity index (χ1n) is 5.48. The van der Waals surface area contributed by atoms with Crippen molar-refractivity contribution in [2.45, 2.75) is 50.8 Å². The van der Waals surface area contributed by atoms with Crippen molar-refractivity contribution in [1.29, 1.82) is 0 Å². The summed E-state index contributed by atoms with van der Waals surface area (Å²) in [5.74, 6) is 0. The summed E-state index contributed by atoms with van der Waals surface area (Å²) in [6, 6.07) is 0. The number of hydrogen-bond donors (Lipinski definition) is 0. The monoisotopic (exact) mass is 224 g/mol. The van der Waals surface area contributed by atoms with E-state index >= 15 is 0 Å². The lowest BCUT2D eigenvalue weighted by molar-refractivity contribution is -0.118. The Hall–Kier alpha value is -0.805. The van der Waals surface area contributed by atoms with Crippen LogP contribution in [0.5, 0.6) is 0 Å². The third-order valence-corrected chi connectivity index (χ3v) is 3.67. The highest BCUT2D eigenvalue weighted by Gasteiger charge is 2.61. The minimum atomic E-state index is -1.01. The minimum Gasteiger partial charge on any atom is -0.490 e. The Morgan fingerprint density at radius 2 is 1.75 bits per heavy atom. The molecule has 0 N–H and O–H groups in total. The lowest BCUT2D eigenvalue weighted by Crippen LogP contribution is -2.49. The molecule has 0 aromatic carbocycles. The summed E-state index contributed by atoms with van der Waals surface area (Å²) in [7, 11) is -0.648. The highest BCUT2D eigenvalue weighted by atomic mass is 16.7. The standard InChI is InChI=1S/C11H17BO4/c1-9(2)10(3,4)16-12(15-9)11(8-13)6-5-7-14-11/h5,7-8H,6H2,1-4H3. The Morgan fingerprint density at radius 3 is 2.12 bits per heavy atom. The summed E-state index contributed by atoms with van der Waals surface area (Å²) in [5.41, 5.74) is -1.90. The predicted octanol–water partition coefficient (Wildman–Crippen LogP) is 1.49. The van der Waals surface area contributed by atoms with Gasteiger partial charge in [0, 0.05) is 6.42 Å². The zero-order valence-corrected chi connectivity index (χ0v) is 10.1. The summed E-state index contributed by atoms with van der Waals surface area (Å²) < 4.78 is 17.0. The van der Waals surface area contributed by atoms with Crippen molar-refractivity contribution in [2.75, 3.05) is 0 Å². The second-order valence-electron chi connectivity index (χ2n) is 5.35. The van der Waals surface area contributed by atoms with E-state index in [1.165, 1.54) is 6.26 Å². The van der Waals surface area contributed by atoms with Crippen LogP contribution in [0.1, 0.15) is 34.1 Å². The normalized spacial score (nSPS) is 35.1. The summed E-state index contributed by atoms with van der Waals surface area (Å²) >= 11 is 0. The van der Waals surface area contributed by atoms with Crippen LogP contribution in [-0.2, 0) is 18.8 Å². The van der Waals surface area contributed by atoms with Gasteiger partial charge < -0.3 is 14.0 Å². The maximum Gasteiger partial charge on any atom is 0.513 e. The molecule has 0 bridgehead atoms. The van der Waals surface area contributed by atoms with E-state index in [9.17, 15) is 4.79 Å². The third-order valence-electron chi connectivity index (χ3n) is 3.67. The number of hydrogen-bond acceptors (Lipinski definition) is 4. The molecule has 0 amide bonds. The van der Waals surface area contributed by atoms with Gasteiger partial charge in [0.1, 0.15) is 0 Å². The molecule has 1 atom stereocenters. The van der Waals surface area contributed by atoms with Crippen LogP contribution in [0.4, 0.5) is 0 Å². The van der Waals surface area contributed by atoms with E-state index in [0.717, 1.165) is 6.29 Å². The molecule has 1 fully saturated rings. The van der Waals surface area contributed by atoms with Crippen LogP contribution < -0.4 is 0 Å². The number of aldehydes is 1. The van der Waals surface area contributed by atoms with Gasteiger partial charge in [0.25, 0.3) is 0 Å². The Morgan fingerprint density at radius 1 is 1.19 bits per heavy atom. The Balaban J connectivity index is 2.22. The molecule has 0 saturated carbocycles. The molecule has 2 aliphatic heterocycles. The molecule has 0 spiro atoms. The molecule has 88 valence electrons. The quantitative estimate of drug-likeness (QED) is 0.526. The molecule has 1 unspecified atom stereocenters. The molecule has 1 saturated heterocycles. The van der Waals surface area contributed by atoms with E-state index < -0.39 is 23.8 Å².